The van der Waals surface area contributed by atoms with E-state index in [4.69, 9.17) is 0 Å². The molecule has 1 aromatic carbocycles. The Kier molecular flexibility index (Phi) is 2.88. The number of benzene rings is 1. The van der Waals surface area contributed by atoms with Gasteiger partial charge in [0.05, 0.1) is 6.10 Å². The second-order valence-electron chi connectivity index (χ2n) is 3.55. The fourth-order valence-corrected chi connectivity index (χ4v) is 1.28. The Balaban J connectivity index is 2.94. The number of hydrogen-bond acceptors (Lipinski definition) is 1. The van der Waals surface area contributed by atoms with Crippen LogP contribution in [0.3, 0.4) is 0 Å². The highest BCUT2D eigenvalue weighted by molar-refractivity contribution is 5.27. The summed E-state index contributed by atoms with van der Waals surface area (Å²) in [7, 11) is 0. The molecule has 66 valence electrons. The lowest BCUT2D eigenvalue weighted by Gasteiger charge is -2.16. The lowest BCUT2D eigenvalue weighted by Crippen LogP contribution is -2.06. The zero-order valence-electron chi connectivity index (χ0n) is 7.91. The maximum absolute atomic E-state index is 9.78. The van der Waals surface area contributed by atoms with Crippen LogP contribution in [0.5, 0.6) is 0 Å². The molecule has 0 aliphatic heterocycles. The molecule has 0 aliphatic carbocycles. The molecule has 12 heavy (non-hydrogen) atoms. The minimum atomic E-state index is -0.328. The maximum atomic E-state index is 9.78. The molecule has 0 unspecified atom stereocenters. The molecule has 0 spiro atoms. The molecule has 1 heteroatoms. The first-order valence-corrected chi connectivity index (χ1v) is 4.36. The Morgan fingerprint density at radius 3 is 2.25 bits per heavy atom. The Labute approximate surface area is 74.1 Å². The highest BCUT2D eigenvalue weighted by Gasteiger charge is 2.12. The Hall–Kier alpha value is -0.820. The van der Waals surface area contributed by atoms with E-state index in [1.54, 1.807) is 0 Å². The van der Waals surface area contributed by atoms with Crippen molar-refractivity contribution >= 4 is 0 Å². The van der Waals surface area contributed by atoms with E-state index in [9.17, 15) is 5.11 Å². The van der Waals surface area contributed by atoms with Crippen molar-refractivity contribution in [2.24, 2.45) is 5.92 Å². The van der Waals surface area contributed by atoms with Gasteiger partial charge < -0.3 is 5.11 Å². The predicted molar refractivity (Wildman–Crippen MR) is 51.0 cm³/mol. The quantitative estimate of drug-likeness (QED) is 0.712. The van der Waals surface area contributed by atoms with Gasteiger partial charge in [0.1, 0.15) is 0 Å². The van der Waals surface area contributed by atoms with Crippen molar-refractivity contribution in [3.8, 4) is 0 Å². The smallest absolute Gasteiger partial charge is 0.0815 e. The molecule has 0 radical (unpaired) electrons. The van der Waals surface area contributed by atoms with E-state index < -0.39 is 0 Å². The van der Waals surface area contributed by atoms with Gasteiger partial charge >= 0.3 is 0 Å². The molecule has 0 aliphatic rings. The minimum absolute atomic E-state index is 0.283. The molecule has 0 saturated heterocycles. The maximum Gasteiger partial charge on any atom is 0.0815 e. The van der Waals surface area contributed by atoms with Gasteiger partial charge in [-0.15, -0.1) is 0 Å². The fourth-order valence-electron chi connectivity index (χ4n) is 1.28. The van der Waals surface area contributed by atoms with Crippen LogP contribution in [0.2, 0.25) is 0 Å². The second-order valence-corrected chi connectivity index (χ2v) is 3.55. The van der Waals surface area contributed by atoms with E-state index in [1.165, 1.54) is 5.56 Å². The monoisotopic (exact) mass is 164 g/mol. The summed E-state index contributed by atoms with van der Waals surface area (Å²) in [6.45, 7) is 6.08. The zero-order valence-corrected chi connectivity index (χ0v) is 7.91. The topological polar surface area (TPSA) is 20.2 Å². The third-order valence-electron chi connectivity index (χ3n) is 2.14. The van der Waals surface area contributed by atoms with E-state index in [0.717, 1.165) is 5.56 Å². The summed E-state index contributed by atoms with van der Waals surface area (Å²) >= 11 is 0. The molecule has 0 heterocycles. The van der Waals surface area contributed by atoms with Gasteiger partial charge in [-0.05, 0) is 24.0 Å². The molecule has 1 N–H and O–H groups in total. The molecule has 0 bridgehead atoms. The van der Waals surface area contributed by atoms with Crippen LogP contribution >= 0.6 is 0 Å². The average molecular weight is 164 g/mol. The molecule has 0 aromatic heterocycles. The number of hydrogen-bond donors (Lipinski definition) is 1. The van der Waals surface area contributed by atoms with Crippen molar-refractivity contribution in [3.05, 3.63) is 35.4 Å². The van der Waals surface area contributed by atoms with E-state index in [2.05, 4.69) is 0 Å². The highest BCUT2D eigenvalue weighted by atomic mass is 16.3. The normalized spacial score (nSPS) is 13.4. The summed E-state index contributed by atoms with van der Waals surface area (Å²) < 4.78 is 0. The van der Waals surface area contributed by atoms with Gasteiger partial charge in [-0.2, -0.15) is 0 Å². The summed E-state index contributed by atoms with van der Waals surface area (Å²) in [4.78, 5) is 0. The summed E-state index contributed by atoms with van der Waals surface area (Å²) in [5.74, 6) is 0.283. The van der Waals surface area contributed by atoms with Crippen LogP contribution < -0.4 is 0 Å². The van der Waals surface area contributed by atoms with E-state index in [-0.39, 0.29) is 12.0 Å². The van der Waals surface area contributed by atoms with Crippen molar-refractivity contribution in [1.29, 1.82) is 0 Å². The van der Waals surface area contributed by atoms with Crippen LogP contribution in [0, 0.1) is 12.8 Å². The first-order chi connectivity index (χ1) is 5.63. The van der Waals surface area contributed by atoms with E-state index in [1.807, 2.05) is 45.0 Å². The second kappa shape index (κ2) is 3.72. The molecule has 0 fully saturated rings. The van der Waals surface area contributed by atoms with Crippen molar-refractivity contribution in [1.82, 2.24) is 0 Å². The summed E-state index contributed by atoms with van der Waals surface area (Å²) in [6.07, 6.45) is -0.328. The van der Waals surface area contributed by atoms with Gasteiger partial charge in [-0.25, -0.2) is 0 Å². The first kappa shape index (κ1) is 9.27. The van der Waals surface area contributed by atoms with Crippen LogP contribution in [0.4, 0.5) is 0 Å². The first-order valence-electron chi connectivity index (χ1n) is 4.36. The van der Waals surface area contributed by atoms with Crippen molar-refractivity contribution < 1.29 is 5.11 Å². The molecule has 1 rings (SSSR count). The van der Waals surface area contributed by atoms with Gasteiger partial charge in [-0.1, -0.05) is 38.1 Å². The largest absolute Gasteiger partial charge is 0.388 e. The lowest BCUT2D eigenvalue weighted by atomic mass is 9.96. The van der Waals surface area contributed by atoms with Crippen LogP contribution in [-0.4, -0.2) is 5.11 Å². The standard InChI is InChI=1S/C11H16O/c1-8(2)11(12)10-7-5-4-6-9(10)3/h4-8,11-12H,1-3H3/t11-/m0/s1. The van der Waals surface area contributed by atoms with Crippen molar-refractivity contribution in [2.75, 3.05) is 0 Å². The molecule has 1 aromatic rings. The third-order valence-corrected chi connectivity index (χ3v) is 2.14. The van der Waals surface area contributed by atoms with Crippen LogP contribution in [0.1, 0.15) is 31.1 Å². The predicted octanol–water partition coefficient (Wildman–Crippen LogP) is 2.68. The summed E-state index contributed by atoms with van der Waals surface area (Å²) in [5, 5.41) is 9.78. The minimum Gasteiger partial charge on any atom is -0.388 e. The number of aryl methyl sites for hydroxylation is 1. The molecule has 0 amide bonds. The molecular weight excluding hydrogens is 148 g/mol. The molecule has 0 saturated carbocycles. The third kappa shape index (κ3) is 1.86. The van der Waals surface area contributed by atoms with Crippen LogP contribution in [-0.2, 0) is 0 Å². The molecular formula is C11H16O. The van der Waals surface area contributed by atoms with Gasteiger partial charge in [-0.3, -0.25) is 0 Å². The van der Waals surface area contributed by atoms with Crippen LogP contribution in [0.25, 0.3) is 0 Å². The Bertz CT molecular complexity index is 253. The van der Waals surface area contributed by atoms with Crippen molar-refractivity contribution in [2.45, 2.75) is 26.9 Å². The average Bonchev–Trinajstić information content (AvgIpc) is 2.04. The summed E-state index contributed by atoms with van der Waals surface area (Å²) in [5.41, 5.74) is 2.21. The van der Waals surface area contributed by atoms with Gasteiger partial charge in [0.15, 0.2) is 0 Å². The number of rotatable bonds is 2. The lowest BCUT2D eigenvalue weighted by molar-refractivity contribution is 0.126. The highest BCUT2D eigenvalue weighted by Crippen LogP contribution is 2.23. The van der Waals surface area contributed by atoms with Crippen molar-refractivity contribution in [3.63, 3.8) is 0 Å². The SMILES string of the molecule is Cc1ccccc1[C@@H](O)C(C)C. The van der Waals surface area contributed by atoms with Gasteiger partial charge in [0, 0.05) is 0 Å². The van der Waals surface area contributed by atoms with E-state index in [0.29, 0.717) is 0 Å². The molecule has 1 nitrogen and oxygen atoms in total. The Morgan fingerprint density at radius 1 is 1.17 bits per heavy atom. The summed E-state index contributed by atoms with van der Waals surface area (Å²) in [6, 6.07) is 7.97. The fraction of sp³-hybridized carbons (Fsp3) is 0.455. The number of aliphatic hydroxyl groups is 1. The Morgan fingerprint density at radius 2 is 1.75 bits per heavy atom. The van der Waals surface area contributed by atoms with Gasteiger partial charge in [0.25, 0.3) is 0 Å². The van der Waals surface area contributed by atoms with E-state index >= 15 is 0 Å². The molecule has 1 atom stereocenters. The number of aliphatic hydroxyl groups excluding tert-OH is 1. The van der Waals surface area contributed by atoms with Crippen LogP contribution in [0.15, 0.2) is 24.3 Å². The zero-order chi connectivity index (χ0) is 9.14. The van der Waals surface area contributed by atoms with Gasteiger partial charge in [0.2, 0.25) is 0 Å².